The molecule has 0 spiro atoms. The summed E-state index contributed by atoms with van der Waals surface area (Å²) in [5, 5.41) is 2.75. The Morgan fingerprint density at radius 2 is 1.67 bits per heavy atom. The molecule has 21 heavy (non-hydrogen) atoms. The van der Waals surface area contributed by atoms with Crippen LogP contribution in [0.3, 0.4) is 0 Å². The standard InChI is InChI=1S/C11H9NS.C6H14.C2H6/c1-7-5-6-10-11-8(7)3-2-4-9(11)12-13-10;1-5-6(2,3)4;1-2/h2-6,12H,1H3;5H2,1-4H3;1-2H3. The van der Waals surface area contributed by atoms with Crippen molar-refractivity contribution in [3.05, 3.63) is 35.9 Å². The first-order valence-corrected chi connectivity index (χ1v) is 8.69. The Kier molecular flexibility index (Phi) is 6.60. The van der Waals surface area contributed by atoms with Gasteiger partial charge in [0.1, 0.15) is 0 Å². The predicted molar refractivity (Wildman–Crippen MR) is 99.3 cm³/mol. The molecule has 2 aromatic carbocycles. The summed E-state index contributed by atoms with van der Waals surface area (Å²) in [6, 6.07) is 10.8. The van der Waals surface area contributed by atoms with E-state index in [0.29, 0.717) is 5.41 Å². The van der Waals surface area contributed by atoms with Crippen LogP contribution in [0.15, 0.2) is 35.2 Å². The van der Waals surface area contributed by atoms with E-state index < -0.39 is 0 Å². The van der Waals surface area contributed by atoms with Gasteiger partial charge in [0.2, 0.25) is 0 Å². The number of hydrogen-bond donors (Lipinski definition) is 1. The van der Waals surface area contributed by atoms with Gasteiger partial charge in [0, 0.05) is 10.3 Å². The molecule has 1 nitrogen and oxygen atoms in total. The summed E-state index contributed by atoms with van der Waals surface area (Å²) < 4.78 is 3.32. The molecule has 0 unspecified atom stereocenters. The molecule has 0 fully saturated rings. The average Bonchev–Trinajstić information content (AvgIpc) is 2.90. The molecule has 0 amide bonds. The molecule has 3 rings (SSSR count). The largest absolute Gasteiger partial charge is 0.325 e. The van der Waals surface area contributed by atoms with Crippen molar-refractivity contribution in [1.82, 2.24) is 0 Å². The molecule has 2 heteroatoms. The lowest BCUT2D eigenvalue weighted by molar-refractivity contribution is 0.398. The summed E-state index contributed by atoms with van der Waals surface area (Å²) in [4.78, 5) is 1.34. The van der Waals surface area contributed by atoms with Crippen LogP contribution < -0.4 is 4.72 Å². The number of hydrogen-bond acceptors (Lipinski definition) is 2. The Labute approximate surface area is 134 Å². The van der Waals surface area contributed by atoms with E-state index in [2.05, 4.69) is 69.7 Å². The lowest BCUT2D eigenvalue weighted by Gasteiger charge is -2.12. The topological polar surface area (TPSA) is 12.0 Å². The molecule has 0 aromatic heterocycles. The molecule has 0 saturated carbocycles. The van der Waals surface area contributed by atoms with Gasteiger partial charge < -0.3 is 4.72 Å². The lowest BCUT2D eigenvalue weighted by Crippen LogP contribution is -2.00. The molecular formula is C19H29NS. The van der Waals surface area contributed by atoms with E-state index >= 15 is 0 Å². The molecule has 0 saturated heterocycles. The highest BCUT2D eigenvalue weighted by molar-refractivity contribution is 8.01. The summed E-state index contributed by atoms with van der Waals surface area (Å²) in [5.74, 6) is 0. The quantitative estimate of drug-likeness (QED) is 0.523. The fourth-order valence-electron chi connectivity index (χ4n) is 1.80. The summed E-state index contributed by atoms with van der Waals surface area (Å²) in [7, 11) is 0. The SMILES string of the molecule is CC.CCC(C)(C)C.Cc1ccc2c3c(cccc13)NS2. The van der Waals surface area contributed by atoms with Crippen LogP contribution in [0.4, 0.5) is 5.69 Å². The number of nitrogens with one attached hydrogen (secondary N) is 1. The second kappa shape index (κ2) is 7.74. The van der Waals surface area contributed by atoms with Crippen LogP contribution in [-0.4, -0.2) is 0 Å². The molecule has 0 aliphatic carbocycles. The zero-order valence-electron chi connectivity index (χ0n) is 14.5. The van der Waals surface area contributed by atoms with Crippen molar-refractivity contribution in [1.29, 1.82) is 0 Å². The van der Waals surface area contributed by atoms with Gasteiger partial charge in [0.25, 0.3) is 0 Å². The fourth-order valence-corrected chi connectivity index (χ4v) is 2.65. The molecule has 0 bridgehead atoms. The molecule has 1 N–H and O–H groups in total. The Balaban J connectivity index is 0.000000237. The highest BCUT2D eigenvalue weighted by Gasteiger charge is 2.14. The van der Waals surface area contributed by atoms with Crippen molar-refractivity contribution < 1.29 is 0 Å². The van der Waals surface area contributed by atoms with Gasteiger partial charge in [-0.1, -0.05) is 66.2 Å². The Morgan fingerprint density at radius 1 is 1.05 bits per heavy atom. The van der Waals surface area contributed by atoms with Crippen LogP contribution in [0.5, 0.6) is 0 Å². The molecule has 1 aliphatic rings. The third-order valence-corrected chi connectivity index (χ3v) is 4.43. The second-order valence-electron chi connectivity index (χ2n) is 6.23. The molecule has 0 radical (unpaired) electrons. The van der Waals surface area contributed by atoms with Gasteiger partial charge in [0.15, 0.2) is 0 Å². The zero-order chi connectivity index (χ0) is 16.0. The zero-order valence-corrected chi connectivity index (χ0v) is 15.3. The van der Waals surface area contributed by atoms with E-state index in [-0.39, 0.29) is 0 Å². The third-order valence-electron chi connectivity index (χ3n) is 3.55. The van der Waals surface area contributed by atoms with Gasteiger partial charge in [0.05, 0.1) is 5.69 Å². The smallest absolute Gasteiger partial charge is 0.0534 e. The van der Waals surface area contributed by atoms with Gasteiger partial charge in [-0.05, 0) is 47.4 Å². The number of benzene rings is 2. The van der Waals surface area contributed by atoms with E-state index in [1.165, 1.54) is 33.3 Å². The van der Waals surface area contributed by atoms with E-state index in [9.17, 15) is 0 Å². The maximum absolute atomic E-state index is 3.32. The van der Waals surface area contributed by atoms with Crippen LogP contribution >= 0.6 is 11.9 Å². The second-order valence-corrected chi connectivity index (χ2v) is 7.08. The van der Waals surface area contributed by atoms with E-state index in [1.54, 1.807) is 11.9 Å². The predicted octanol–water partition coefficient (Wildman–Crippen LogP) is 7.05. The third kappa shape index (κ3) is 4.67. The van der Waals surface area contributed by atoms with E-state index in [1.807, 2.05) is 13.8 Å². The summed E-state index contributed by atoms with van der Waals surface area (Å²) in [5.41, 5.74) is 3.14. The Morgan fingerprint density at radius 3 is 2.24 bits per heavy atom. The van der Waals surface area contributed by atoms with Gasteiger partial charge in [-0.25, -0.2) is 0 Å². The van der Waals surface area contributed by atoms with Crippen molar-refractivity contribution in [3.8, 4) is 0 Å². The number of rotatable bonds is 0. The number of aryl methyl sites for hydroxylation is 1. The van der Waals surface area contributed by atoms with Crippen LogP contribution in [0.1, 0.15) is 53.5 Å². The monoisotopic (exact) mass is 303 g/mol. The summed E-state index contributed by atoms with van der Waals surface area (Å²) in [6.07, 6.45) is 1.27. The van der Waals surface area contributed by atoms with Crippen LogP contribution in [-0.2, 0) is 0 Å². The minimum absolute atomic E-state index is 0.542. The molecule has 0 atom stereocenters. The van der Waals surface area contributed by atoms with E-state index in [4.69, 9.17) is 0 Å². The first kappa shape index (κ1) is 17.9. The minimum Gasteiger partial charge on any atom is -0.325 e. The maximum Gasteiger partial charge on any atom is 0.0534 e. The van der Waals surface area contributed by atoms with Crippen LogP contribution in [0, 0.1) is 12.3 Å². The van der Waals surface area contributed by atoms with Crippen molar-refractivity contribution in [2.45, 2.75) is 59.8 Å². The summed E-state index contributed by atoms with van der Waals surface area (Å²) >= 11 is 1.71. The van der Waals surface area contributed by atoms with Crippen molar-refractivity contribution in [3.63, 3.8) is 0 Å². The molecule has 2 aromatic rings. The van der Waals surface area contributed by atoms with Gasteiger partial charge in [-0.2, -0.15) is 0 Å². The van der Waals surface area contributed by atoms with Crippen molar-refractivity contribution in [2.24, 2.45) is 5.41 Å². The Bertz CT molecular complexity index is 572. The van der Waals surface area contributed by atoms with Gasteiger partial charge >= 0.3 is 0 Å². The average molecular weight is 304 g/mol. The maximum atomic E-state index is 3.32. The molecule has 116 valence electrons. The molecule has 1 aliphatic heterocycles. The van der Waals surface area contributed by atoms with Crippen molar-refractivity contribution >= 4 is 28.4 Å². The Hall–Kier alpha value is -1.15. The molecular weight excluding hydrogens is 274 g/mol. The van der Waals surface area contributed by atoms with Crippen molar-refractivity contribution in [2.75, 3.05) is 4.72 Å². The highest BCUT2D eigenvalue weighted by Crippen LogP contribution is 2.41. The first-order chi connectivity index (χ1) is 9.92. The van der Waals surface area contributed by atoms with Gasteiger partial charge in [-0.3, -0.25) is 0 Å². The molecule has 1 heterocycles. The van der Waals surface area contributed by atoms with Gasteiger partial charge in [-0.15, -0.1) is 0 Å². The first-order valence-electron chi connectivity index (χ1n) is 7.87. The fraction of sp³-hybridized carbons (Fsp3) is 0.474. The number of anilines is 1. The van der Waals surface area contributed by atoms with Crippen LogP contribution in [0.25, 0.3) is 10.8 Å². The normalized spacial score (nSPS) is 12.0. The van der Waals surface area contributed by atoms with E-state index in [0.717, 1.165) is 0 Å². The summed E-state index contributed by atoms with van der Waals surface area (Å²) in [6.45, 7) is 15.1. The van der Waals surface area contributed by atoms with Crippen LogP contribution in [0.2, 0.25) is 0 Å². The lowest BCUT2D eigenvalue weighted by atomic mass is 9.94. The minimum atomic E-state index is 0.542. The highest BCUT2D eigenvalue weighted by atomic mass is 32.2.